The molecule has 0 aliphatic rings. The van der Waals surface area contributed by atoms with Gasteiger partial charge in [0.2, 0.25) is 0 Å². The van der Waals surface area contributed by atoms with Crippen molar-refractivity contribution >= 4 is 67.1 Å². The summed E-state index contributed by atoms with van der Waals surface area (Å²) in [5.74, 6) is -0.847. The van der Waals surface area contributed by atoms with E-state index >= 15 is 0 Å². The Balaban J connectivity index is 1.86. The van der Waals surface area contributed by atoms with Gasteiger partial charge in [-0.15, -0.1) is 10.2 Å². The summed E-state index contributed by atoms with van der Waals surface area (Å²) in [6.45, 7) is 1.79. The quantitative estimate of drug-likeness (QED) is 0.156. The molecule has 0 fully saturated rings. The first kappa shape index (κ1) is 27.3. The summed E-state index contributed by atoms with van der Waals surface area (Å²) in [4.78, 5) is 12.7. The van der Waals surface area contributed by atoms with Crippen molar-refractivity contribution in [1.82, 2.24) is 0 Å². The SMILES string of the molecule is CCc1cc(Cl)c(N=Nc2c(O)c(C(=O)Nc3cc(Cl)ccc3OC)cc3ccccc23)c(S(=O)(=O)O)c1. The summed E-state index contributed by atoms with van der Waals surface area (Å²) in [5.41, 5.74) is 0.282. The summed E-state index contributed by atoms with van der Waals surface area (Å²) in [5, 5.41) is 23.1. The second-order valence-corrected chi connectivity index (χ2v) is 10.3. The third kappa shape index (κ3) is 5.58. The number of carbonyl (C=O) groups is 1. The number of halogens is 2. The van der Waals surface area contributed by atoms with E-state index < -0.39 is 26.7 Å². The molecule has 0 aliphatic heterocycles. The summed E-state index contributed by atoms with van der Waals surface area (Å²) < 4.78 is 39.1. The van der Waals surface area contributed by atoms with E-state index in [9.17, 15) is 22.9 Å². The van der Waals surface area contributed by atoms with Crippen LogP contribution in [0, 0.1) is 0 Å². The van der Waals surface area contributed by atoms with E-state index in [1.165, 1.54) is 31.4 Å². The van der Waals surface area contributed by atoms with Gasteiger partial charge in [0.25, 0.3) is 16.0 Å². The molecule has 38 heavy (non-hydrogen) atoms. The Morgan fingerprint density at radius 2 is 1.74 bits per heavy atom. The number of hydrogen-bond acceptors (Lipinski definition) is 7. The van der Waals surface area contributed by atoms with Crippen LogP contribution in [-0.2, 0) is 16.5 Å². The number of phenolic OH excluding ortho intramolecular Hbond substituents is 1. The lowest BCUT2D eigenvalue weighted by Gasteiger charge is -2.13. The molecule has 9 nitrogen and oxygen atoms in total. The first-order valence-corrected chi connectivity index (χ1v) is 13.3. The Kier molecular flexibility index (Phi) is 7.89. The number of anilines is 1. The maximum Gasteiger partial charge on any atom is 0.296 e. The van der Waals surface area contributed by atoms with Crippen LogP contribution in [0.25, 0.3) is 10.8 Å². The number of ether oxygens (including phenoxy) is 1. The lowest BCUT2D eigenvalue weighted by atomic mass is 10.0. The van der Waals surface area contributed by atoms with Gasteiger partial charge in [0.15, 0.2) is 5.75 Å². The molecule has 1 amide bonds. The minimum atomic E-state index is -4.70. The van der Waals surface area contributed by atoms with Crippen LogP contribution in [0.1, 0.15) is 22.8 Å². The average molecular weight is 574 g/mol. The maximum atomic E-state index is 13.2. The summed E-state index contributed by atoms with van der Waals surface area (Å²) in [6.07, 6.45) is 0.458. The van der Waals surface area contributed by atoms with Crippen LogP contribution >= 0.6 is 23.2 Å². The van der Waals surface area contributed by atoms with Gasteiger partial charge in [-0.2, -0.15) is 8.42 Å². The van der Waals surface area contributed by atoms with Crippen LogP contribution < -0.4 is 10.1 Å². The number of nitrogens with zero attached hydrogens (tertiary/aromatic N) is 2. The van der Waals surface area contributed by atoms with Crippen LogP contribution in [0.15, 0.2) is 75.8 Å². The van der Waals surface area contributed by atoms with E-state index in [1.54, 1.807) is 43.3 Å². The lowest BCUT2D eigenvalue weighted by molar-refractivity contribution is 0.102. The zero-order valence-corrected chi connectivity index (χ0v) is 22.4. The highest BCUT2D eigenvalue weighted by Crippen LogP contribution is 2.42. The highest BCUT2D eigenvalue weighted by atomic mass is 35.5. The molecule has 0 atom stereocenters. The molecule has 0 heterocycles. The van der Waals surface area contributed by atoms with E-state index in [1.807, 2.05) is 0 Å². The van der Waals surface area contributed by atoms with E-state index in [2.05, 4.69) is 15.5 Å². The third-order valence-corrected chi connectivity index (χ3v) is 7.06. The number of carbonyl (C=O) groups excluding carboxylic acids is 1. The molecule has 196 valence electrons. The molecule has 12 heteroatoms. The summed E-state index contributed by atoms with van der Waals surface area (Å²) in [7, 11) is -3.26. The van der Waals surface area contributed by atoms with Crippen molar-refractivity contribution < 1.29 is 27.6 Å². The van der Waals surface area contributed by atoms with Crippen molar-refractivity contribution in [3.63, 3.8) is 0 Å². The molecule has 0 radical (unpaired) electrons. The number of azo groups is 1. The van der Waals surface area contributed by atoms with E-state index in [0.717, 1.165) is 0 Å². The van der Waals surface area contributed by atoms with Crippen LogP contribution in [0.5, 0.6) is 11.5 Å². The smallest absolute Gasteiger partial charge is 0.296 e. The van der Waals surface area contributed by atoms with Crippen LogP contribution in [0.4, 0.5) is 17.1 Å². The molecule has 0 bridgehead atoms. The number of amides is 1. The number of phenols is 1. The predicted molar refractivity (Wildman–Crippen MR) is 146 cm³/mol. The number of aryl methyl sites for hydroxylation is 1. The highest BCUT2D eigenvalue weighted by Gasteiger charge is 2.22. The normalized spacial score (nSPS) is 11.7. The fourth-order valence-corrected chi connectivity index (χ4v) is 4.99. The standard InChI is InChI=1S/C26H21Cl2N3O6S/c1-3-14-10-19(28)24(22(11-14)38(34,35)36)31-30-23-17-7-5-4-6-15(17)12-18(25(23)32)26(33)29-20-13-16(27)8-9-21(20)37-2/h4-13,32H,3H2,1-2H3,(H,29,33)(H,34,35,36). The van der Waals surface area contributed by atoms with Gasteiger partial charge >= 0.3 is 0 Å². The Bertz CT molecular complexity index is 1710. The van der Waals surface area contributed by atoms with E-state index in [-0.39, 0.29) is 27.6 Å². The van der Waals surface area contributed by atoms with E-state index in [4.69, 9.17) is 27.9 Å². The van der Waals surface area contributed by atoms with Gasteiger partial charge < -0.3 is 15.2 Å². The Morgan fingerprint density at radius 3 is 2.42 bits per heavy atom. The topological polar surface area (TPSA) is 138 Å². The molecule has 3 N–H and O–H groups in total. The maximum absolute atomic E-state index is 13.2. The molecule has 4 aromatic rings. The van der Waals surface area contributed by atoms with Gasteiger partial charge in [-0.05, 0) is 53.8 Å². The van der Waals surface area contributed by atoms with Gasteiger partial charge in [-0.25, -0.2) is 0 Å². The summed E-state index contributed by atoms with van der Waals surface area (Å²) in [6, 6.07) is 15.7. The fourth-order valence-electron chi connectivity index (χ4n) is 3.78. The molecule has 0 aromatic heterocycles. The van der Waals surface area contributed by atoms with Crippen molar-refractivity contribution in [1.29, 1.82) is 0 Å². The largest absolute Gasteiger partial charge is 0.505 e. The highest BCUT2D eigenvalue weighted by molar-refractivity contribution is 7.86. The van der Waals surface area contributed by atoms with Crippen molar-refractivity contribution in [3.8, 4) is 11.5 Å². The van der Waals surface area contributed by atoms with Crippen molar-refractivity contribution in [2.45, 2.75) is 18.2 Å². The van der Waals surface area contributed by atoms with Crippen molar-refractivity contribution in [2.75, 3.05) is 12.4 Å². The van der Waals surface area contributed by atoms with Gasteiger partial charge in [0.05, 0.1) is 23.4 Å². The number of methoxy groups -OCH3 is 1. The zero-order valence-electron chi connectivity index (χ0n) is 20.1. The molecule has 0 saturated heterocycles. The van der Waals surface area contributed by atoms with Crippen LogP contribution in [0.3, 0.4) is 0 Å². The number of fused-ring (bicyclic) bond motifs is 1. The second kappa shape index (κ2) is 11.0. The van der Waals surface area contributed by atoms with E-state index in [0.29, 0.717) is 33.5 Å². The van der Waals surface area contributed by atoms with Gasteiger partial charge in [0, 0.05) is 10.4 Å². The zero-order chi connectivity index (χ0) is 27.6. The number of rotatable bonds is 7. The van der Waals surface area contributed by atoms with Gasteiger partial charge in [-0.3, -0.25) is 9.35 Å². The molecular formula is C26H21Cl2N3O6S. The van der Waals surface area contributed by atoms with Crippen molar-refractivity contribution in [3.05, 3.63) is 81.8 Å². The minimum absolute atomic E-state index is 0.0635. The minimum Gasteiger partial charge on any atom is -0.505 e. The number of nitrogens with one attached hydrogen (secondary N) is 1. The van der Waals surface area contributed by atoms with Gasteiger partial charge in [0.1, 0.15) is 22.0 Å². The Labute approximate surface area is 228 Å². The van der Waals surface area contributed by atoms with Crippen LogP contribution in [0.2, 0.25) is 10.0 Å². The number of aromatic hydroxyl groups is 1. The third-order valence-electron chi connectivity index (χ3n) is 5.67. The molecule has 4 aromatic carbocycles. The molecule has 0 spiro atoms. The first-order chi connectivity index (χ1) is 18.0. The molecule has 4 rings (SSSR count). The fraction of sp³-hybridized carbons (Fsp3) is 0.115. The molecule has 0 saturated carbocycles. The molecule has 0 aliphatic carbocycles. The Morgan fingerprint density at radius 1 is 1.03 bits per heavy atom. The van der Waals surface area contributed by atoms with Crippen molar-refractivity contribution in [2.24, 2.45) is 10.2 Å². The lowest BCUT2D eigenvalue weighted by Crippen LogP contribution is -2.13. The first-order valence-electron chi connectivity index (χ1n) is 11.1. The number of benzene rings is 4. The van der Waals surface area contributed by atoms with Gasteiger partial charge in [-0.1, -0.05) is 54.4 Å². The number of hydrogen-bond donors (Lipinski definition) is 3. The molecule has 0 unspecified atom stereocenters. The Hall–Kier alpha value is -3.70. The summed E-state index contributed by atoms with van der Waals surface area (Å²) >= 11 is 12.3. The van der Waals surface area contributed by atoms with Crippen LogP contribution in [-0.4, -0.2) is 31.1 Å². The monoisotopic (exact) mass is 573 g/mol. The second-order valence-electron chi connectivity index (χ2n) is 8.09. The average Bonchev–Trinajstić information content (AvgIpc) is 2.87. The molecular weight excluding hydrogens is 553 g/mol. The predicted octanol–water partition coefficient (Wildman–Crippen LogP) is 7.34.